The number of fused-ring (bicyclic) bond motifs is 1. The van der Waals surface area contributed by atoms with Crippen molar-refractivity contribution in [3.8, 4) is 16.5 Å². The normalized spacial score (nSPS) is 18.4. The minimum absolute atomic E-state index is 0.0104. The number of hydrogen-bond acceptors (Lipinski definition) is 8. The van der Waals surface area contributed by atoms with Gasteiger partial charge in [0.05, 0.1) is 47.5 Å². The summed E-state index contributed by atoms with van der Waals surface area (Å²) in [5.74, 6) is -0.207. The van der Waals surface area contributed by atoms with Gasteiger partial charge in [-0.25, -0.2) is 4.39 Å². The summed E-state index contributed by atoms with van der Waals surface area (Å²) in [5.41, 5.74) is 0.255. The molecule has 1 aromatic carbocycles. The Kier molecular flexibility index (Phi) is 6.62. The molecule has 3 aromatic heterocycles. The first-order valence-electron chi connectivity index (χ1n) is 10.9. The van der Waals surface area contributed by atoms with Gasteiger partial charge in [0.15, 0.2) is 6.17 Å². The summed E-state index contributed by atoms with van der Waals surface area (Å²) in [4.78, 5) is 16.4. The third-order valence-corrected chi connectivity index (χ3v) is 6.76. The molecule has 0 aliphatic carbocycles. The Morgan fingerprint density at radius 1 is 1.33 bits per heavy atom. The predicted octanol–water partition coefficient (Wildman–Crippen LogP) is 4.22. The second-order valence-corrected chi connectivity index (χ2v) is 9.07. The van der Waals surface area contributed by atoms with Crippen LogP contribution in [0.1, 0.15) is 28.2 Å². The summed E-state index contributed by atoms with van der Waals surface area (Å²) in [6.45, 7) is 0.101. The Balaban J connectivity index is 1.46. The summed E-state index contributed by atoms with van der Waals surface area (Å²) < 4.78 is 71.3. The second-order valence-electron chi connectivity index (χ2n) is 8.05. The number of carbonyl (C=O) groups excluding carboxylic acids is 1. The number of hydrogen-bond donors (Lipinski definition) is 2. The maximum absolute atomic E-state index is 14.3. The highest BCUT2D eigenvalue weighted by atomic mass is 32.1. The zero-order valence-electron chi connectivity index (χ0n) is 18.5. The number of aromatic amines is 1. The molecule has 1 fully saturated rings. The van der Waals surface area contributed by atoms with Crippen LogP contribution in [0.2, 0.25) is 0 Å². The number of thiophene rings is 1. The Hall–Kier alpha value is -3.52. The van der Waals surface area contributed by atoms with Gasteiger partial charge in [-0.05, 0) is 11.6 Å². The fourth-order valence-corrected chi connectivity index (χ4v) is 5.03. The van der Waals surface area contributed by atoms with Crippen LogP contribution in [-0.2, 0) is 17.7 Å². The van der Waals surface area contributed by atoms with E-state index in [1.165, 1.54) is 12.4 Å². The Bertz CT molecular complexity index is 1350. The lowest BCUT2D eigenvalue weighted by molar-refractivity contribution is -0.126. The van der Waals surface area contributed by atoms with Crippen molar-refractivity contribution in [2.24, 2.45) is 0 Å². The highest BCUT2D eigenvalue weighted by molar-refractivity contribution is 7.22. The molecule has 36 heavy (non-hydrogen) atoms. The predicted molar refractivity (Wildman–Crippen MR) is 119 cm³/mol. The van der Waals surface area contributed by atoms with Crippen molar-refractivity contribution in [2.75, 3.05) is 13.2 Å². The van der Waals surface area contributed by atoms with Gasteiger partial charge in [-0.3, -0.25) is 9.89 Å². The minimum Gasteiger partial charge on any atom is -0.486 e. The molecule has 2 N–H and O–H groups in total. The molecule has 0 bridgehead atoms. The van der Waals surface area contributed by atoms with E-state index in [1.54, 1.807) is 18.2 Å². The number of ether oxygens (including phenoxy) is 2. The lowest BCUT2D eigenvalue weighted by atomic mass is 10.1. The van der Waals surface area contributed by atoms with Crippen LogP contribution in [0.15, 0.2) is 35.1 Å². The van der Waals surface area contributed by atoms with E-state index in [1.807, 2.05) is 0 Å². The van der Waals surface area contributed by atoms with Gasteiger partial charge in [0.2, 0.25) is 11.7 Å². The van der Waals surface area contributed by atoms with Crippen LogP contribution in [0.3, 0.4) is 0 Å². The molecule has 1 saturated heterocycles. The first kappa shape index (κ1) is 24.2. The molecule has 4 aromatic rings. The van der Waals surface area contributed by atoms with Gasteiger partial charge in [0.1, 0.15) is 11.9 Å². The molecule has 1 aliphatic rings. The van der Waals surface area contributed by atoms with Crippen LogP contribution in [0, 0.1) is 0 Å². The first-order valence-corrected chi connectivity index (χ1v) is 11.7. The number of nitrogens with zero attached hydrogens (tertiary/aromatic N) is 3. The van der Waals surface area contributed by atoms with E-state index in [9.17, 15) is 22.4 Å². The molecule has 0 spiro atoms. The molecule has 1 aliphatic heterocycles. The van der Waals surface area contributed by atoms with Gasteiger partial charge >= 0.3 is 6.18 Å². The summed E-state index contributed by atoms with van der Waals surface area (Å²) in [5, 5.41) is 12.9. The number of halogens is 4. The van der Waals surface area contributed by atoms with Gasteiger partial charge in [0.25, 0.3) is 5.91 Å². The van der Waals surface area contributed by atoms with Crippen molar-refractivity contribution < 1.29 is 36.4 Å². The van der Waals surface area contributed by atoms with Crippen LogP contribution in [-0.4, -0.2) is 57.9 Å². The number of amides is 1. The van der Waals surface area contributed by atoms with E-state index in [0.717, 1.165) is 11.3 Å². The monoisotopic (exact) mass is 525 g/mol. The summed E-state index contributed by atoms with van der Waals surface area (Å²) in [7, 11) is 0. The Morgan fingerprint density at radius 2 is 2.19 bits per heavy atom. The van der Waals surface area contributed by atoms with Crippen molar-refractivity contribution in [2.45, 2.75) is 37.8 Å². The zero-order valence-corrected chi connectivity index (χ0v) is 19.3. The van der Waals surface area contributed by atoms with E-state index in [4.69, 9.17) is 14.0 Å². The molecule has 0 saturated carbocycles. The number of rotatable bonds is 7. The van der Waals surface area contributed by atoms with Crippen molar-refractivity contribution in [1.29, 1.82) is 0 Å². The molecule has 1 amide bonds. The second kappa shape index (κ2) is 9.85. The highest BCUT2D eigenvalue weighted by Crippen LogP contribution is 2.44. The van der Waals surface area contributed by atoms with E-state index >= 15 is 0 Å². The highest BCUT2D eigenvalue weighted by Gasteiger charge is 2.34. The van der Waals surface area contributed by atoms with E-state index < -0.39 is 30.8 Å². The van der Waals surface area contributed by atoms with Gasteiger partial charge in [0, 0.05) is 18.0 Å². The molecule has 0 radical (unpaired) electrons. The topological polar surface area (TPSA) is 115 Å². The first-order chi connectivity index (χ1) is 17.3. The van der Waals surface area contributed by atoms with Gasteiger partial charge < -0.3 is 19.3 Å². The summed E-state index contributed by atoms with van der Waals surface area (Å²) in [6.07, 6.45) is -4.78. The number of nitrogens with one attached hydrogen (secondary N) is 2. The van der Waals surface area contributed by atoms with Crippen LogP contribution < -0.4 is 10.1 Å². The smallest absolute Gasteiger partial charge is 0.393 e. The van der Waals surface area contributed by atoms with Crippen molar-refractivity contribution in [1.82, 2.24) is 25.7 Å². The van der Waals surface area contributed by atoms with Crippen molar-refractivity contribution in [3.05, 3.63) is 47.6 Å². The lowest BCUT2D eigenvalue weighted by Gasteiger charge is -2.27. The average molecular weight is 525 g/mol. The third kappa shape index (κ3) is 5.18. The lowest BCUT2D eigenvalue weighted by Crippen LogP contribution is -2.37. The standard InChI is InChI=1S/C22H19F4N5O4S/c23-14-10-33-5-4-15(14)34-16-3-1-2-12-13(6-22(24,25)26)19(36-18(12)16)20-30-17(35-31-20)9-27-21(32)11-7-28-29-8-11/h1-3,7-8,14-15H,4-6,9-10H2,(H,27,32)(H,28,29)/t14-,15+/m0/s1. The third-order valence-electron chi connectivity index (χ3n) is 5.50. The maximum atomic E-state index is 14.3. The Morgan fingerprint density at radius 3 is 2.94 bits per heavy atom. The average Bonchev–Trinajstić information content (AvgIpc) is 3.59. The number of benzene rings is 1. The molecular weight excluding hydrogens is 506 g/mol. The molecule has 0 unspecified atom stereocenters. The molecule has 9 nitrogen and oxygen atoms in total. The number of carbonyl (C=O) groups is 1. The van der Waals surface area contributed by atoms with Gasteiger partial charge in [-0.15, -0.1) is 11.3 Å². The Labute approximate surface area is 204 Å². The quantitative estimate of drug-likeness (QED) is 0.347. The molecular formula is C22H19F4N5O4S. The van der Waals surface area contributed by atoms with Crippen molar-refractivity contribution in [3.63, 3.8) is 0 Å². The zero-order chi connectivity index (χ0) is 25.3. The van der Waals surface area contributed by atoms with Gasteiger partial charge in [-0.2, -0.15) is 23.3 Å². The van der Waals surface area contributed by atoms with E-state index in [-0.39, 0.29) is 41.1 Å². The largest absolute Gasteiger partial charge is 0.486 e. The molecule has 14 heteroatoms. The fraction of sp³-hybridized carbons (Fsp3) is 0.364. The number of H-pyrrole nitrogens is 1. The number of alkyl halides is 4. The van der Waals surface area contributed by atoms with Crippen LogP contribution in [0.5, 0.6) is 5.75 Å². The minimum atomic E-state index is -4.50. The van der Waals surface area contributed by atoms with Crippen LogP contribution in [0.25, 0.3) is 20.8 Å². The van der Waals surface area contributed by atoms with Gasteiger partial charge in [-0.1, -0.05) is 17.3 Å². The van der Waals surface area contributed by atoms with Crippen LogP contribution >= 0.6 is 11.3 Å². The number of aromatic nitrogens is 4. The molecule has 5 rings (SSSR count). The summed E-state index contributed by atoms with van der Waals surface area (Å²) >= 11 is 1.01. The molecule has 2 atom stereocenters. The molecule has 190 valence electrons. The van der Waals surface area contributed by atoms with Crippen LogP contribution in [0.4, 0.5) is 17.6 Å². The summed E-state index contributed by atoms with van der Waals surface area (Å²) in [6, 6.07) is 4.70. The molecule has 4 heterocycles. The fourth-order valence-electron chi connectivity index (χ4n) is 3.83. The van der Waals surface area contributed by atoms with E-state index in [0.29, 0.717) is 28.7 Å². The van der Waals surface area contributed by atoms with Crippen molar-refractivity contribution >= 4 is 27.3 Å². The maximum Gasteiger partial charge on any atom is 0.393 e. The SMILES string of the molecule is O=C(NCc1nc(-c2sc3c(O[C@@H]4CCOC[C@@H]4F)cccc3c2CC(F)(F)F)no1)c1cn[nH]c1. The van der Waals surface area contributed by atoms with E-state index in [2.05, 4.69) is 25.7 Å².